The summed E-state index contributed by atoms with van der Waals surface area (Å²) < 4.78 is 0. The molecule has 0 fully saturated rings. The quantitative estimate of drug-likeness (QED) is 0.661. The van der Waals surface area contributed by atoms with Crippen LogP contribution in [0.15, 0.2) is 30.3 Å². The molecule has 27 heavy (non-hydrogen) atoms. The largest absolute Gasteiger partial charge is 0.481 e. The Hall–Kier alpha value is -3.22. The Labute approximate surface area is 156 Å². The van der Waals surface area contributed by atoms with E-state index in [1.165, 1.54) is 4.90 Å². The van der Waals surface area contributed by atoms with Gasteiger partial charge in [-0.25, -0.2) is 0 Å². The van der Waals surface area contributed by atoms with E-state index in [0.717, 1.165) is 5.56 Å². The van der Waals surface area contributed by atoms with Gasteiger partial charge in [0, 0.05) is 24.2 Å². The number of carbonyl (C=O) groups is 2. The van der Waals surface area contributed by atoms with Crippen LogP contribution >= 0.6 is 0 Å². The van der Waals surface area contributed by atoms with Crippen LogP contribution in [0.2, 0.25) is 0 Å². The number of hydrogen-bond acceptors (Lipinski definition) is 4. The molecule has 1 amide bonds. The molecule has 2 aromatic carbocycles. The minimum Gasteiger partial charge on any atom is -0.481 e. The number of hydrogen-bond donors (Lipinski definition) is 1. The van der Waals surface area contributed by atoms with Crippen molar-refractivity contribution in [1.82, 2.24) is 4.90 Å². The highest BCUT2D eigenvalue weighted by molar-refractivity contribution is 5.99. The van der Waals surface area contributed by atoms with Crippen molar-refractivity contribution in [3.63, 3.8) is 0 Å². The summed E-state index contributed by atoms with van der Waals surface area (Å²) in [7, 11) is 0. The molecule has 7 heteroatoms. The van der Waals surface area contributed by atoms with Crippen molar-refractivity contribution in [2.75, 3.05) is 6.54 Å². The highest BCUT2D eigenvalue weighted by Gasteiger charge is 2.34. The fraction of sp³-hybridized carbons (Fsp3) is 0.300. The molecule has 0 aromatic heterocycles. The fourth-order valence-corrected chi connectivity index (χ4v) is 3.92. The number of carbonyl (C=O) groups excluding carboxylic acids is 1. The van der Waals surface area contributed by atoms with Gasteiger partial charge in [-0.2, -0.15) is 0 Å². The zero-order valence-electron chi connectivity index (χ0n) is 15.4. The van der Waals surface area contributed by atoms with Gasteiger partial charge in [0.2, 0.25) is 0 Å². The van der Waals surface area contributed by atoms with Gasteiger partial charge in [0.25, 0.3) is 11.6 Å². The number of carboxylic acids is 1. The minimum absolute atomic E-state index is 0.0335. The maximum Gasteiger partial charge on any atom is 0.312 e. The highest BCUT2D eigenvalue weighted by Crippen LogP contribution is 2.33. The van der Waals surface area contributed by atoms with Gasteiger partial charge in [-0.05, 0) is 43.5 Å². The van der Waals surface area contributed by atoms with E-state index in [1.54, 1.807) is 45.0 Å². The number of benzene rings is 2. The molecule has 0 radical (unpaired) electrons. The molecule has 2 aromatic rings. The highest BCUT2D eigenvalue weighted by atomic mass is 16.6. The maximum absolute atomic E-state index is 13.2. The summed E-state index contributed by atoms with van der Waals surface area (Å²) in [6.07, 6.45) is 0. The third-order valence-corrected chi connectivity index (χ3v) is 5.11. The minimum atomic E-state index is -0.997. The molecule has 0 saturated heterocycles. The van der Waals surface area contributed by atoms with Gasteiger partial charge in [0.05, 0.1) is 16.4 Å². The number of nitro benzene ring substituents is 1. The SMILES string of the molecule is Cc1cc(C)c([N+](=O)[O-])c(C)c1C(=O)N1Cc2ccccc2C(C(=O)O)C1. The first-order chi connectivity index (χ1) is 12.7. The predicted octanol–water partition coefficient (Wildman–Crippen LogP) is 3.34. The summed E-state index contributed by atoms with van der Waals surface area (Å²) in [6.45, 7) is 5.26. The smallest absolute Gasteiger partial charge is 0.312 e. The number of carboxylic acid groups (broad SMARTS) is 1. The van der Waals surface area contributed by atoms with Crippen LogP contribution in [0.4, 0.5) is 5.69 Å². The lowest BCUT2D eigenvalue weighted by molar-refractivity contribution is -0.386. The fourth-order valence-electron chi connectivity index (χ4n) is 3.92. The van der Waals surface area contributed by atoms with Gasteiger partial charge >= 0.3 is 5.97 Å². The number of nitro groups is 1. The number of aliphatic carboxylic acids is 1. The Kier molecular flexibility index (Phi) is 4.70. The summed E-state index contributed by atoms with van der Waals surface area (Å²) in [6, 6.07) is 8.79. The number of nitrogens with zero attached hydrogens (tertiary/aromatic N) is 2. The molecule has 1 N–H and O–H groups in total. The summed E-state index contributed by atoms with van der Waals surface area (Å²) in [4.78, 5) is 37.3. The zero-order chi connectivity index (χ0) is 19.9. The second-order valence-corrected chi connectivity index (χ2v) is 6.89. The topological polar surface area (TPSA) is 101 Å². The normalized spacial score (nSPS) is 16.0. The molecule has 0 aliphatic carbocycles. The van der Waals surface area contributed by atoms with E-state index in [4.69, 9.17) is 0 Å². The Morgan fingerprint density at radius 2 is 1.85 bits per heavy atom. The van der Waals surface area contributed by atoms with E-state index in [9.17, 15) is 24.8 Å². The van der Waals surface area contributed by atoms with Gasteiger partial charge in [-0.1, -0.05) is 24.3 Å². The molecule has 1 aliphatic heterocycles. The van der Waals surface area contributed by atoms with Crippen molar-refractivity contribution >= 4 is 17.6 Å². The maximum atomic E-state index is 13.2. The van der Waals surface area contributed by atoms with Crippen molar-refractivity contribution in [2.24, 2.45) is 0 Å². The predicted molar refractivity (Wildman–Crippen MR) is 98.9 cm³/mol. The van der Waals surface area contributed by atoms with Gasteiger partial charge in [0.1, 0.15) is 0 Å². The molecule has 1 heterocycles. The lowest BCUT2D eigenvalue weighted by Gasteiger charge is -2.33. The number of amides is 1. The summed E-state index contributed by atoms with van der Waals surface area (Å²) in [5.74, 6) is -2.20. The van der Waals surface area contributed by atoms with Crippen molar-refractivity contribution < 1.29 is 19.6 Å². The monoisotopic (exact) mass is 368 g/mol. The summed E-state index contributed by atoms with van der Waals surface area (Å²) >= 11 is 0. The van der Waals surface area contributed by atoms with Crippen molar-refractivity contribution in [3.05, 3.63) is 73.8 Å². The number of rotatable bonds is 3. The zero-order valence-corrected chi connectivity index (χ0v) is 15.4. The Bertz CT molecular complexity index is 967. The lowest BCUT2D eigenvalue weighted by Crippen LogP contribution is -2.41. The molecule has 7 nitrogen and oxygen atoms in total. The number of fused-ring (bicyclic) bond motifs is 1. The first kappa shape index (κ1) is 18.6. The molecule has 0 spiro atoms. The summed E-state index contributed by atoms with van der Waals surface area (Å²) in [5.41, 5.74) is 3.14. The van der Waals surface area contributed by atoms with Crippen LogP contribution in [0, 0.1) is 30.9 Å². The van der Waals surface area contributed by atoms with Crippen LogP contribution in [0.25, 0.3) is 0 Å². The van der Waals surface area contributed by atoms with Crippen molar-refractivity contribution in [2.45, 2.75) is 33.2 Å². The van der Waals surface area contributed by atoms with Crippen LogP contribution in [0.1, 0.15) is 44.1 Å². The van der Waals surface area contributed by atoms with Gasteiger partial charge in [-0.15, -0.1) is 0 Å². The average molecular weight is 368 g/mol. The molecular formula is C20H20N2O5. The molecule has 3 rings (SSSR count). The van der Waals surface area contributed by atoms with Gasteiger partial charge in [0.15, 0.2) is 0 Å². The van der Waals surface area contributed by atoms with E-state index >= 15 is 0 Å². The first-order valence-corrected chi connectivity index (χ1v) is 8.57. The molecule has 0 saturated carbocycles. The molecular weight excluding hydrogens is 348 g/mol. The van der Waals surface area contributed by atoms with E-state index in [1.807, 2.05) is 6.07 Å². The van der Waals surface area contributed by atoms with Crippen molar-refractivity contribution in [3.8, 4) is 0 Å². The third-order valence-electron chi connectivity index (χ3n) is 5.11. The average Bonchev–Trinajstić information content (AvgIpc) is 2.59. The second-order valence-electron chi connectivity index (χ2n) is 6.89. The van der Waals surface area contributed by atoms with Crippen LogP contribution < -0.4 is 0 Å². The van der Waals surface area contributed by atoms with Crippen LogP contribution in [-0.4, -0.2) is 33.4 Å². The molecule has 1 aliphatic rings. The van der Waals surface area contributed by atoms with E-state index in [2.05, 4.69) is 0 Å². The van der Waals surface area contributed by atoms with E-state index in [-0.39, 0.29) is 30.2 Å². The molecule has 1 atom stereocenters. The molecule has 0 bridgehead atoms. The Morgan fingerprint density at radius 3 is 2.48 bits per heavy atom. The van der Waals surface area contributed by atoms with Gasteiger partial charge in [-0.3, -0.25) is 19.7 Å². The number of aryl methyl sites for hydroxylation is 2. The molecule has 140 valence electrons. The van der Waals surface area contributed by atoms with Crippen molar-refractivity contribution in [1.29, 1.82) is 0 Å². The standard InChI is InChI=1S/C20H20N2O5/c1-11-8-12(2)18(22(26)27)13(3)17(11)19(23)21-9-14-6-4-5-7-15(14)16(10-21)20(24)25/h4-8,16H,9-10H2,1-3H3,(H,24,25). The van der Waals surface area contributed by atoms with E-state index in [0.29, 0.717) is 22.3 Å². The Balaban J connectivity index is 2.06. The van der Waals surface area contributed by atoms with Gasteiger partial charge < -0.3 is 10.0 Å². The molecule has 1 unspecified atom stereocenters. The lowest BCUT2D eigenvalue weighted by atomic mass is 9.88. The van der Waals surface area contributed by atoms with Crippen LogP contribution in [0.3, 0.4) is 0 Å². The van der Waals surface area contributed by atoms with E-state index < -0.39 is 16.8 Å². The van der Waals surface area contributed by atoms with Crippen LogP contribution in [-0.2, 0) is 11.3 Å². The first-order valence-electron chi connectivity index (χ1n) is 8.57. The Morgan fingerprint density at radius 1 is 1.19 bits per heavy atom. The third kappa shape index (κ3) is 3.16. The second kappa shape index (κ2) is 6.83. The van der Waals surface area contributed by atoms with Crippen LogP contribution in [0.5, 0.6) is 0 Å². The summed E-state index contributed by atoms with van der Waals surface area (Å²) in [5, 5.41) is 21.0.